The van der Waals surface area contributed by atoms with E-state index in [1.165, 1.54) is 13.1 Å². The zero-order valence-electron chi connectivity index (χ0n) is 11.6. The van der Waals surface area contributed by atoms with E-state index in [9.17, 15) is 26.3 Å². The zero-order chi connectivity index (χ0) is 17.4. The van der Waals surface area contributed by atoms with Crippen molar-refractivity contribution in [3.8, 4) is 0 Å². The monoisotopic (exact) mass is 357 g/mol. The number of anilines is 1. The Kier molecular flexibility index (Phi) is 4.52. The van der Waals surface area contributed by atoms with Crippen LogP contribution in [0.1, 0.15) is 16.8 Å². The summed E-state index contributed by atoms with van der Waals surface area (Å²) in [5.41, 5.74) is -2.40. The van der Waals surface area contributed by atoms with Gasteiger partial charge in [-0.05, 0) is 18.2 Å². The van der Waals surface area contributed by atoms with Gasteiger partial charge in [0.15, 0.2) is 5.69 Å². The predicted molar refractivity (Wildman–Crippen MR) is 72.0 cm³/mol. The lowest BCUT2D eigenvalue weighted by atomic mass is 10.2. The Hall–Kier alpha value is -1.90. The van der Waals surface area contributed by atoms with Crippen LogP contribution < -0.4 is 5.32 Å². The molecular weight excluding hydrogens is 348 g/mol. The second kappa shape index (κ2) is 5.95. The zero-order valence-corrected chi connectivity index (χ0v) is 12.3. The largest absolute Gasteiger partial charge is 0.435 e. The molecule has 126 valence electrons. The summed E-state index contributed by atoms with van der Waals surface area (Å²) in [6.45, 7) is -0.414. The van der Waals surface area contributed by atoms with E-state index in [0.29, 0.717) is 0 Å². The van der Waals surface area contributed by atoms with E-state index in [-0.39, 0.29) is 16.4 Å². The summed E-state index contributed by atoms with van der Waals surface area (Å²) in [4.78, 5) is 0. The molecular formula is C13H10ClF6N3. The summed E-state index contributed by atoms with van der Waals surface area (Å²) in [7, 11) is 1.24. The number of rotatable bonds is 3. The van der Waals surface area contributed by atoms with Crippen LogP contribution in [0.5, 0.6) is 0 Å². The van der Waals surface area contributed by atoms with Gasteiger partial charge in [-0.3, -0.25) is 4.68 Å². The molecule has 0 radical (unpaired) electrons. The molecule has 0 saturated heterocycles. The van der Waals surface area contributed by atoms with Gasteiger partial charge in [-0.15, -0.1) is 0 Å². The highest BCUT2D eigenvalue weighted by molar-refractivity contribution is 6.30. The summed E-state index contributed by atoms with van der Waals surface area (Å²) in [6, 6.07) is 4.13. The molecule has 0 aliphatic rings. The maximum Gasteiger partial charge on any atom is 0.435 e. The Labute approximate surface area is 131 Å². The van der Waals surface area contributed by atoms with E-state index in [0.717, 1.165) is 22.9 Å². The molecule has 0 amide bonds. The minimum absolute atomic E-state index is 0.0212. The lowest BCUT2D eigenvalue weighted by molar-refractivity contribution is -0.142. The molecule has 3 nitrogen and oxygen atoms in total. The van der Waals surface area contributed by atoms with Gasteiger partial charge in [-0.2, -0.15) is 31.4 Å². The average Bonchev–Trinajstić information content (AvgIpc) is 2.72. The summed E-state index contributed by atoms with van der Waals surface area (Å²) in [5, 5.41) is 5.55. The third kappa shape index (κ3) is 3.90. The molecule has 0 fully saturated rings. The van der Waals surface area contributed by atoms with Crippen molar-refractivity contribution < 1.29 is 26.3 Å². The highest BCUT2D eigenvalue weighted by Crippen LogP contribution is 2.35. The van der Waals surface area contributed by atoms with Crippen molar-refractivity contribution in [2.45, 2.75) is 18.9 Å². The van der Waals surface area contributed by atoms with Crippen molar-refractivity contribution in [1.82, 2.24) is 9.78 Å². The van der Waals surface area contributed by atoms with E-state index in [4.69, 9.17) is 11.6 Å². The van der Waals surface area contributed by atoms with Crippen LogP contribution in [0.3, 0.4) is 0 Å². The normalized spacial score (nSPS) is 12.5. The van der Waals surface area contributed by atoms with Crippen molar-refractivity contribution in [2.75, 3.05) is 5.32 Å². The lowest BCUT2D eigenvalue weighted by Crippen LogP contribution is -2.12. The smallest absolute Gasteiger partial charge is 0.381 e. The fourth-order valence-corrected chi connectivity index (χ4v) is 2.12. The number of alkyl halides is 6. The van der Waals surface area contributed by atoms with E-state index in [2.05, 4.69) is 10.4 Å². The Morgan fingerprint density at radius 1 is 1.13 bits per heavy atom. The fourth-order valence-electron chi connectivity index (χ4n) is 1.93. The van der Waals surface area contributed by atoms with Gasteiger partial charge >= 0.3 is 12.4 Å². The van der Waals surface area contributed by atoms with Crippen LogP contribution in [0.4, 0.5) is 32.0 Å². The first-order valence-electron chi connectivity index (χ1n) is 6.20. The van der Waals surface area contributed by atoms with Gasteiger partial charge in [-0.25, -0.2) is 0 Å². The molecule has 1 N–H and O–H groups in total. The summed E-state index contributed by atoms with van der Waals surface area (Å²) in [6.07, 6.45) is -9.25. The van der Waals surface area contributed by atoms with Gasteiger partial charge in [-0.1, -0.05) is 17.7 Å². The number of hydrogen-bond donors (Lipinski definition) is 1. The predicted octanol–water partition coefficient (Wildman–Crippen LogP) is 4.72. The van der Waals surface area contributed by atoms with Crippen molar-refractivity contribution >= 4 is 17.3 Å². The molecule has 0 aliphatic carbocycles. The molecule has 0 saturated carbocycles. The first-order valence-corrected chi connectivity index (χ1v) is 6.57. The Morgan fingerprint density at radius 3 is 2.35 bits per heavy atom. The van der Waals surface area contributed by atoms with Crippen molar-refractivity contribution in [3.63, 3.8) is 0 Å². The minimum Gasteiger partial charge on any atom is -0.381 e. The molecule has 2 rings (SSSR count). The molecule has 0 bridgehead atoms. The van der Waals surface area contributed by atoms with Gasteiger partial charge in [0.25, 0.3) is 0 Å². The summed E-state index contributed by atoms with van der Waals surface area (Å²) in [5.74, 6) is 0. The van der Waals surface area contributed by atoms with Gasteiger partial charge in [0, 0.05) is 24.8 Å². The second-order valence-electron chi connectivity index (χ2n) is 4.67. The van der Waals surface area contributed by atoms with E-state index in [1.807, 2.05) is 0 Å². The number of hydrogen-bond acceptors (Lipinski definition) is 2. The quantitative estimate of drug-likeness (QED) is 0.805. The molecule has 10 heteroatoms. The van der Waals surface area contributed by atoms with Crippen LogP contribution in [0.15, 0.2) is 24.3 Å². The van der Waals surface area contributed by atoms with E-state index < -0.39 is 30.2 Å². The third-order valence-electron chi connectivity index (χ3n) is 3.00. The van der Waals surface area contributed by atoms with Crippen LogP contribution in [-0.4, -0.2) is 9.78 Å². The second-order valence-corrected chi connectivity index (χ2v) is 5.03. The molecule has 0 spiro atoms. The fraction of sp³-hybridized carbons (Fsp3) is 0.308. The number of nitrogens with one attached hydrogen (secondary N) is 1. The van der Waals surface area contributed by atoms with Crippen molar-refractivity contribution in [2.24, 2.45) is 7.05 Å². The molecule has 23 heavy (non-hydrogen) atoms. The molecule has 0 unspecified atom stereocenters. The number of nitrogens with zero attached hydrogens (tertiary/aromatic N) is 2. The standard InChI is InChI=1S/C13H10ClF6N3/c1-23-11(14)9(10(22-23)13(18,19)20)6-21-8-4-2-3-7(5-8)12(15,16)17/h2-5,21H,6H2,1H3. The molecule has 0 aliphatic heterocycles. The highest BCUT2D eigenvalue weighted by Gasteiger charge is 2.38. The summed E-state index contributed by atoms with van der Waals surface area (Å²) < 4.78 is 77.3. The van der Waals surface area contributed by atoms with Crippen LogP contribution in [-0.2, 0) is 25.9 Å². The van der Waals surface area contributed by atoms with Crippen molar-refractivity contribution in [3.05, 3.63) is 46.2 Å². The highest BCUT2D eigenvalue weighted by atomic mass is 35.5. The van der Waals surface area contributed by atoms with E-state index >= 15 is 0 Å². The first-order chi connectivity index (χ1) is 10.5. The number of benzene rings is 1. The van der Waals surface area contributed by atoms with Gasteiger partial charge in [0.1, 0.15) is 5.15 Å². The van der Waals surface area contributed by atoms with E-state index in [1.54, 1.807) is 0 Å². The van der Waals surface area contributed by atoms with Crippen LogP contribution >= 0.6 is 11.6 Å². The Morgan fingerprint density at radius 2 is 1.78 bits per heavy atom. The maximum atomic E-state index is 12.9. The molecule has 1 aromatic heterocycles. The average molecular weight is 358 g/mol. The molecule has 2 aromatic rings. The number of aryl methyl sites for hydroxylation is 1. The first kappa shape index (κ1) is 17.5. The Balaban J connectivity index is 2.25. The lowest BCUT2D eigenvalue weighted by Gasteiger charge is -2.11. The van der Waals surface area contributed by atoms with Gasteiger partial charge in [0.2, 0.25) is 0 Å². The molecule has 0 atom stereocenters. The van der Waals surface area contributed by atoms with Gasteiger partial charge < -0.3 is 5.32 Å². The topological polar surface area (TPSA) is 29.9 Å². The number of halogens is 7. The Bertz CT molecular complexity index is 705. The minimum atomic E-state index is -4.71. The SMILES string of the molecule is Cn1nc(C(F)(F)F)c(CNc2cccc(C(F)(F)F)c2)c1Cl. The van der Waals surface area contributed by atoms with Crippen LogP contribution in [0.2, 0.25) is 5.15 Å². The summed E-state index contributed by atoms with van der Waals surface area (Å²) >= 11 is 5.77. The number of aromatic nitrogens is 2. The third-order valence-corrected chi connectivity index (χ3v) is 3.47. The maximum absolute atomic E-state index is 12.9. The van der Waals surface area contributed by atoms with Gasteiger partial charge in [0.05, 0.1) is 5.56 Å². The van der Waals surface area contributed by atoms with Crippen LogP contribution in [0, 0.1) is 0 Å². The van der Waals surface area contributed by atoms with Crippen molar-refractivity contribution in [1.29, 1.82) is 0 Å². The molecule has 1 aromatic carbocycles. The van der Waals surface area contributed by atoms with Crippen LogP contribution in [0.25, 0.3) is 0 Å². The molecule has 1 heterocycles.